The van der Waals surface area contributed by atoms with Crippen LogP contribution in [0, 0.1) is 51.8 Å². The molecule has 0 aromatic heterocycles. The Balaban J connectivity index is 1.61. The van der Waals surface area contributed by atoms with E-state index in [1.165, 1.54) is 44.9 Å². The van der Waals surface area contributed by atoms with Crippen LogP contribution in [0.15, 0.2) is 12.2 Å². The maximum absolute atomic E-state index is 9.30. The normalized spacial score (nSPS) is 55.2. The van der Waals surface area contributed by atoms with Gasteiger partial charge in [-0.25, -0.2) is 0 Å². The molecule has 1 nitrogen and oxygen atoms in total. The predicted octanol–water partition coefficient (Wildman–Crippen LogP) is 5.33. The summed E-state index contributed by atoms with van der Waals surface area (Å²) in [5.74, 6) is 3.99. The second-order valence-corrected chi connectivity index (χ2v) is 8.94. The highest BCUT2D eigenvalue weighted by Crippen LogP contribution is 2.65. The third-order valence-corrected chi connectivity index (χ3v) is 8.17. The van der Waals surface area contributed by atoms with Gasteiger partial charge in [0, 0.05) is 5.92 Å². The molecule has 3 fully saturated rings. The fraction of sp³-hybridized carbons (Fsp3) is 0.850. The van der Waals surface area contributed by atoms with Crippen molar-refractivity contribution in [1.29, 1.82) is 5.26 Å². The molecule has 4 aliphatic carbocycles. The lowest BCUT2D eigenvalue weighted by molar-refractivity contribution is -0.102. The number of fused-ring (bicyclic) bond motifs is 5. The lowest BCUT2D eigenvalue weighted by Gasteiger charge is -2.60. The van der Waals surface area contributed by atoms with E-state index < -0.39 is 0 Å². The van der Waals surface area contributed by atoms with Gasteiger partial charge in [-0.15, -0.1) is 0 Å². The fourth-order valence-corrected chi connectivity index (χ4v) is 6.86. The molecule has 0 amide bonds. The Labute approximate surface area is 129 Å². The number of hydrogen-bond acceptors (Lipinski definition) is 1. The Morgan fingerprint density at radius 3 is 2.71 bits per heavy atom. The van der Waals surface area contributed by atoms with Crippen LogP contribution < -0.4 is 0 Å². The standard InChI is InChI=1S/C20H29N/c1-19-9-3-4-17(19)16-6-5-15-12-14(13-21)7-11-20(15,2)18(16)8-10-19/h3,9,14-18H,4-8,10-12H2,1-2H3/t14?,15-,16-,17-,18-,19-,20-/m0/s1. The average molecular weight is 283 g/mol. The SMILES string of the molecule is C[C@]12CCC(C#N)C[C@@H]1CC[C@@H]1[C@@H]2CC[C@]2(C)C=CC[C@@H]12. The summed E-state index contributed by atoms with van der Waals surface area (Å²) in [4.78, 5) is 0. The van der Waals surface area contributed by atoms with Crippen molar-refractivity contribution in [3.8, 4) is 6.07 Å². The molecule has 0 aromatic carbocycles. The first-order valence-corrected chi connectivity index (χ1v) is 9.14. The monoisotopic (exact) mass is 283 g/mol. The van der Waals surface area contributed by atoms with Crippen LogP contribution in [0.3, 0.4) is 0 Å². The molecule has 21 heavy (non-hydrogen) atoms. The second kappa shape index (κ2) is 4.61. The van der Waals surface area contributed by atoms with Gasteiger partial charge in [0.05, 0.1) is 6.07 Å². The molecule has 0 spiro atoms. The van der Waals surface area contributed by atoms with Crippen LogP contribution in [0.4, 0.5) is 0 Å². The Morgan fingerprint density at radius 1 is 1.05 bits per heavy atom. The van der Waals surface area contributed by atoms with Gasteiger partial charge in [-0.3, -0.25) is 0 Å². The number of hydrogen-bond donors (Lipinski definition) is 0. The van der Waals surface area contributed by atoms with E-state index in [0.29, 0.717) is 16.7 Å². The van der Waals surface area contributed by atoms with Gasteiger partial charge < -0.3 is 0 Å². The highest BCUT2D eigenvalue weighted by atomic mass is 14.6. The van der Waals surface area contributed by atoms with E-state index in [-0.39, 0.29) is 0 Å². The van der Waals surface area contributed by atoms with E-state index in [9.17, 15) is 5.26 Å². The molecule has 4 aliphatic rings. The van der Waals surface area contributed by atoms with Crippen LogP contribution in [-0.2, 0) is 0 Å². The maximum Gasteiger partial charge on any atom is 0.0655 e. The molecule has 4 rings (SSSR count). The molecule has 0 saturated heterocycles. The zero-order valence-corrected chi connectivity index (χ0v) is 13.6. The number of allylic oxidation sites excluding steroid dienone is 2. The minimum absolute atomic E-state index is 0.349. The van der Waals surface area contributed by atoms with Crippen molar-refractivity contribution in [2.24, 2.45) is 40.4 Å². The summed E-state index contributed by atoms with van der Waals surface area (Å²) in [6, 6.07) is 2.56. The topological polar surface area (TPSA) is 23.8 Å². The molecule has 0 aromatic rings. The second-order valence-electron chi connectivity index (χ2n) is 8.94. The molecule has 3 saturated carbocycles. The summed E-state index contributed by atoms with van der Waals surface area (Å²) < 4.78 is 0. The third-order valence-electron chi connectivity index (χ3n) is 8.17. The number of nitriles is 1. The first-order chi connectivity index (χ1) is 10.1. The largest absolute Gasteiger partial charge is 0.198 e. The van der Waals surface area contributed by atoms with Crippen molar-refractivity contribution < 1.29 is 0 Å². The van der Waals surface area contributed by atoms with Gasteiger partial charge in [0.15, 0.2) is 0 Å². The van der Waals surface area contributed by atoms with Crippen LogP contribution in [0.5, 0.6) is 0 Å². The van der Waals surface area contributed by atoms with Crippen LogP contribution in [0.1, 0.15) is 65.2 Å². The van der Waals surface area contributed by atoms with Gasteiger partial charge in [-0.2, -0.15) is 5.26 Å². The molecular formula is C20H29N. The van der Waals surface area contributed by atoms with Crippen molar-refractivity contribution in [3.63, 3.8) is 0 Å². The number of rotatable bonds is 0. The Morgan fingerprint density at radius 2 is 1.90 bits per heavy atom. The zero-order valence-electron chi connectivity index (χ0n) is 13.6. The van der Waals surface area contributed by atoms with Crippen LogP contribution >= 0.6 is 0 Å². The Hall–Kier alpha value is -0.770. The average Bonchev–Trinajstić information content (AvgIpc) is 2.88. The van der Waals surface area contributed by atoms with Gasteiger partial charge in [0.1, 0.15) is 0 Å². The van der Waals surface area contributed by atoms with Crippen LogP contribution in [0.25, 0.3) is 0 Å². The molecule has 0 aliphatic heterocycles. The molecule has 7 atom stereocenters. The van der Waals surface area contributed by atoms with Crippen molar-refractivity contribution in [2.45, 2.75) is 65.2 Å². The summed E-state index contributed by atoms with van der Waals surface area (Å²) in [5.41, 5.74) is 1.05. The van der Waals surface area contributed by atoms with E-state index in [0.717, 1.165) is 30.1 Å². The molecule has 0 bridgehead atoms. The molecule has 0 N–H and O–H groups in total. The number of nitrogens with zero attached hydrogens (tertiary/aromatic N) is 1. The molecular weight excluding hydrogens is 254 g/mol. The highest BCUT2D eigenvalue weighted by molar-refractivity contribution is 5.16. The van der Waals surface area contributed by atoms with Crippen molar-refractivity contribution in [2.75, 3.05) is 0 Å². The Kier molecular flexibility index (Phi) is 3.04. The molecule has 1 unspecified atom stereocenters. The van der Waals surface area contributed by atoms with Gasteiger partial charge in [0.2, 0.25) is 0 Å². The van der Waals surface area contributed by atoms with E-state index in [2.05, 4.69) is 32.1 Å². The van der Waals surface area contributed by atoms with Gasteiger partial charge in [-0.05, 0) is 85.9 Å². The summed E-state index contributed by atoms with van der Waals surface area (Å²) in [6.07, 6.45) is 15.7. The first-order valence-electron chi connectivity index (χ1n) is 9.14. The lowest BCUT2D eigenvalue weighted by atomic mass is 9.45. The first kappa shape index (κ1) is 13.9. The zero-order chi connectivity index (χ0) is 14.7. The van der Waals surface area contributed by atoms with Gasteiger partial charge in [-0.1, -0.05) is 26.0 Å². The van der Waals surface area contributed by atoms with E-state index >= 15 is 0 Å². The fourth-order valence-electron chi connectivity index (χ4n) is 6.86. The smallest absolute Gasteiger partial charge is 0.0655 e. The molecule has 0 radical (unpaired) electrons. The minimum atomic E-state index is 0.349. The van der Waals surface area contributed by atoms with Gasteiger partial charge in [0.25, 0.3) is 0 Å². The van der Waals surface area contributed by atoms with E-state index in [4.69, 9.17) is 0 Å². The van der Waals surface area contributed by atoms with Crippen LogP contribution in [0.2, 0.25) is 0 Å². The summed E-state index contributed by atoms with van der Waals surface area (Å²) in [5, 5.41) is 9.30. The molecule has 0 heterocycles. The third kappa shape index (κ3) is 1.87. The Bertz CT molecular complexity index is 500. The predicted molar refractivity (Wildman–Crippen MR) is 85.4 cm³/mol. The summed E-state index contributed by atoms with van der Waals surface area (Å²) in [6.45, 7) is 5.10. The summed E-state index contributed by atoms with van der Waals surface area (Å²) in [7, 11) is 0. The van der Waals surface area contributed by atoms with Crippen molar-refractivity contribution in [1.82, 2.24) is 0 Å². The molecule has 114 valence electrons. The van der Waals surface area contributed by atoms with Crippen molar-refractivity contribution in [3.05, 3.63) is 12.2 Å². The van der Waals surface area contributed by atoms with Crippen molar-refractivity contribution >= 4 is 0 Å². The van der Waals surface area contributed by atoms with E-state index in [1.54, 1.807) is 0 Å². The quantitative estimate of drug-likeness (QED) is 0.551. The minimum Gasteiger partial charge on any atom is -0.198 e. The van der Waals surface area contributed by atoms with E-state index in [1.807, 2.05) is 0 Å². The highest BCUT2D eigenvalue weighted by Gasteiger charge is 2.56. The van der Waals surface area contributed by atoms with Crippen LogP contribution in [-0.4, -0.2) is 0 Å². The molecule has 1 heteroatoms. The summed E-state index contributed by atoms with van der Waals surface area (Å²) >= 11 is 0. The lowest BCUT2D eigenvalue weighted by Crippen LogP contribution is -2.52. The van der Waals surface area contributed by atoms with Gasteiger partial charge >= 0.3 is 0 Å². The maximum atomic E-state index is 9.30.